The van der Waals surface area contributed by atoms with Crippen LogP contribution in [0.25, 0.3) is 0 Å². The van der Waals surface area contributed by atoms with E-state index in [1.165, 1.54) is 7.11 Å². The molecule has 0 spiro atoms. The highest BCUT2D eigenvalue weighted by molar-refractivity contribution is 5.44. The molecule has 2 aromatic rings. The molecule has 0 unspecified atom stereocenters. The van der Waals surface area contributed by atoms with E-state index in [1.807, 2.05) is 18.2 Å². The summed E-state index contributed by atoms with van der Waals surface area (Å²) in [7, 11) is 4.78. The molecule has 0 amide bonds. The Morgan fingerprint density at radius 3 is 2.38 bits per heavy atom. The molecule has 2 rings (SSSR count). The summed E-state index contributed by atoms with van der Waals surface area (Å²) in [6.07, 6.45) is 0.917. The molecule has 7 nitrogen and oxygen atoms in total. The number of hydrogen-bond donors (Lipinski definition) is 1. The first kappa shape index (κ1) is 14.8. The molecule has 1 heterocycles. The number of methoxy groups -OCH3 is 2. The molecule has 0 aliphatic heterocycles. The highest BCUT2D eigenvalue weighted by Gasteiger charge is 2.11. The minimum absolute atomic E-state index is 0.133. The summed E-state index contributed by atoms with van der Waals surface area (Å²) in [5, 5.41) is 2.82. The first-order valence-corrected chi connectivity index (χ1v) is 6.52. The fourth-order valence-corrected chi connectivity index (χ4v) is 1.70. The third-order valence-corrected chi connectivity index (χ3v) is 2.84. The number of benzene rings is 1. The van der Waals surface area contributed by atoms with Gasteiger partial charge >= 0.3 is 12.0 Å². The molecule has 1 aromatic carbocycles. The van der Waals surface area contributed by atoms with Crippen LogP contribution in [0.4, 0.5) is 5.95 Å². The summed E-state index contributed by atoms with van der Waals surface area (Å²) in [6, 6.07) is 6.02. The monoisotopic (exact) mass is 290 g/mol. The third-order valence-electron chi connectivity index (χ3n) is 2.84. The highest BCUT2D eigenvalue weighted by Crippen LogP contribution is 2.31. The summed E-state index contributed by atoms with van der Waals surface area (Å²) in [5.74, 6) is 1.52. The molecule has 21 heavy (non-hydrogen) atoms. The van der Waals surface area contributed by atoms with Gasteiger partial charge in [0.1, 0.15) is 0 Å². The third kappa shape index (κ3) is 3.50. The second kappa shape index (κ2) is 6.74. The van der Waals surface area contributed by atoms with Gasteiger partial charge in [-0.3, -0.25) is 0 Å². The maximum absolute atomic E-state index is 5.68. The van der Waals surface area contributed by atoms with Crippen molar-refractivity contribution in [1.82, 2.24) is 15.0 Å². The molecule has 0 aliphatic rings. The van der Waals surface area contributed by atoms with Crippen molar-refractivity contribution >= 4 is 5.95 Å². The van der Waals surface area contributed by atoms with Gasteiger partial charge in [-0.15, -0.1) is 4.98 Å². The number of anilines is 1. The van der Waals surface area contributed by atoms with Gasteiger partial charge in [0.25, 0.3) is 0 Å². The normalized spacial score (nSPS) is 10.1. The number of hydrogen-bond acceptors (Lipinski definition) is 7. The molecular formula is C14H18N4O3. The van der Waals surface area contributed by atoms with Gasteiger partial charge in [0.05, 0.1) is 14.2 Å². The van der Waals surface area contributed by atoms with Crippen LogP contribution in [0, 0.1) is 0 Å². The molecule has 1 aromatic heterocycles. The van der Waals surface area contributed by atoms with Gasteiger partial charge in [-0.1, -0.05) is 13.0 Å². The van der Waals surface area contributed by atoms with Crippen LogP contribution in [-0.2, 0) is 6.42 Å². The van der Waals surface area contributed by atoms with Crippen LogP contribution in [0.1, 0.15) is 12.5 Å². The van der Waals surface area contributed by atoms with E-state index in [1.54, 1.807) is 14.2 Å². The molecule has 0 bridgehead atoms. The maximum atomic E-state index is 5.68. The molecule has 0 fully saturated rings. The van der Waals surface area contributed by atoms with Gasteiger partial charge < -0.3 is 19.5 Å². The zero-order chi connectivity index (χ0) is 15.2. The first-order chi connectivity index (χ1) is 10.2. The van der Waals surface area contributed by atoms with Crippen LogP contribution < -0.4 is 19.5 Å². The minimum atomic E-state index is 0.133. The summed E-state index contributed by atoms with van der Waals surface area (Å²) in [5.41, 5.74) is 1.16. The number of rotatable bonds is 6. The lowest BCUT2D eigenvalue weighted by atomic mass is 10.1. The predicted octanol–water partition coefficient (Wildman–Crippen LogP) is 2.29. The highest BCUT2D eigenvalue weighted by atomic mass is 16.5. The van der Waals surface area contributed by atoms with Gasteiger partial charge in [-0.2, -0.15) is 9.97 Å². The van der Waals surface area contributed by atoms with Crippen LogP contribution in [0.5, 0.6) is 23.5 Å². The Kier molecular flexibility index (Phi) is 4.76. The van der Waals surface area contributed by atoms with Crippen molar-refractivity contribution < 1.29 is 14.2 Å². The van der Waals surface area contributed by atoms with E-state index >= 15 is 0 Å². The van der Waals surface area contributed by atoms with Gasteiger partial charge in [0, 0.05) is 7.05 Å². The number of nitrogens with zero attached hydrogens (tertiary/aromatic N) is 3. The molecule has 0 radical (unpaired) electrons. The fourth-order valence-electron chi connectivity index (χ4n) is 1.70. The standard InChI is InChI=1S/C14H18N4O3/c1-5-9-6-7-10(11(8-9)19-3)21-14-17-12(15-2)16-13(18-14)20-4/h6-8H,5H2,1-4H3,(H,15,16,17,18). The molecular weight excluding hydrogens is 272 g/mol. The van der Waals surface area contributed by atoms with E-state index in [2.05, 4.69) is 27.2 Å². The van der Waals surface area contributed by atoms with E-state index in [4.69, 9.17) is 14.2 Å². The summed E-state index contributed by atoms with van der Waals surface area (Å²) in [4.78, 5) is 12.2. The molecule has 0 saturated carbocycles. The SMILES string of the molecule is CCc1ccc(Oc2nc(NC)nc(OC)n2)c(OC)c1. The van der Waals surface area contributed by atoms with Crippen molar-refractivity contribution in [2.24, 2.45) is 0 Å². The molecule has 0 aliphatic carbocycles. The Labute approximate surface area is 123 Å². The number of aromatic nitrogens is 3. The zero-order valence-corrected chi connectivity index (χ0v) is 12.5. The Morgan fingerprint density at radius 1 is 1.00 bits per heavy atom. The van der Waals surface area contributed by atoms with Crippen LogP contribution in [0.15, 0.2) is 18.2 Å². The second-order valence-corrected chi connectivity index (χ2v) is 4.12. The van der Waals surface area contributed by atoms with Crippen molar-refractivity contribution in [3.63, 3.8) is 0 Å². The van der Waals surface area contributed by atoms with E-state index in [9.17, 15) is 0 Å². The molecule has 0 saturated heterocycles. The maximum Gasteiger partial charge on any atom is 0.330 e. The van der Waals surface area contributed by atoms with Gasteiger partial charge in [0.15, 0.2) is 11.5 Å². The van der Waals surface area contributed by atoms with Crippen LogP contribution >= 0.6 is 0 Å². The average molecular weight is 290 g/mol. The van der Waals surface area contributed by atoms with E-state index < -0.39 is 0 Å². The lowest BCUT2D eigenvalue weighted by Crippen LogP contribution is -2.03. The van der Waals surface area contributed by atoms with E-state index in [0.29, 0.717) is 17.4 Å². The minimum Gasteiger partial charge on any atom is -0.493 e. The largest absolute Gasteiger partial charge is 0.493 e. The first-order valence-electron chi connectivity index (χ1n) is 6.52. The zero-order valence-electron chi connectivity index (χ0n) is 12.5. The Hall–Kier alpha value is -2.57. The molecule has 7 heteroatoms. The van der Waals surface area contributed by atoms with Crippen molar-refractivity contribution in [3.8, 4) is 23.5 Å². The Bertz CT molecular complexity index is 597. The lowest BCUT2D eigenvalue weighted by molar-refractivity contribution is 0.346. The number of nitrogens with one attached hydrogen (secondary N) is 1. The fraction of sp³-hybridized carbons (Fsp3) is 0.357. The van der Waals surface area contributed by atoms with Gasteiger partial charge in [0.2, 0.25) is 5.95 Å². The Balaban J connectivity index is 2.33. The average Bonchev–Trinajstić information content (AvgIpc) is 2.54. The predicted molar refractivity (Wildman–Crippen MR) is 78.4 cm³/mol. The van der Waals surface area contributed by atoms with Crippen LogP contribution in [0.2, 0.25) is 0 Å². The van der Waals surface area contributed by atoms with Crippen molar-refractivity contribution in [2.75, 3.05) is 26.6 Å². The van der Waals surface area contributed by atoms with Crippen LogP contribution in [-0.4, -0.2) is 36.2 Å². The molecule has 1 N–H and O–H groups in total. The van der Waals surface area contributed by atoms with E-state index in [-0.39, 0.29) is 12.0 Å². The van der Waals surface area contributed by atoms with E-state index in [0.717, 1.165) is 12.0 Å². The summed E-state index contributed by atoms with van der Waals surface area (Å²) in [6.45, 7) is 2.07. The van der Waals surface area contributed by atoms with Gasteiger partial charge in [-0.25, -0.2) is 0 Å². The molecule has 0 atom stereocenters. The van der Waals surface area contributed by atoms with Crippen molar-refractivity contribution in [3.05, 3.63) is 23.8 Å². The number of ether oxygens (including phenoxy) is 3. The van der Waals surface area contributed by atoms with Gasteiger partial charge in [-0.05, 0) is 24.1 Å². The smallest absolute Gasteiger partial charge is 0.330 e. The lowest BCUT2D eigenvalue weighted by Gasteiger charge is -2.11. The van der Waals surface area contributed by atoms with Crippen molar-refractivity contribution in [1.29, 1.82) is 0 Å². The quantitative estimate of drug-likeness (QED) is 0.874. The van der Waals surface area contributed by atoms with Crippen molar-refractivity contribution in [2.45, 2.75) is 13.3 Å². The topological polar surface area (TPSA) is 78.4 Å². The molecule has 112 valence electrons. The second-order valence-electron chi connectivity index (χ2n) is 4.12. The Morgan fingerprint density at radius 2 is 1.76 bits per heavy atom. The summed E-state index contributed by atoms with van der Waals surface area (Å²) < 4.78 is 16.0. The number of aryl methyl sites for hydroxylation is 1. The summed E-state index contributed by atoms with van der Waals surface area (Å²) >= 11 is 0. The van der Waals surface area contributed by atoms with Crippen LogP contribution in [0.3, 0.4) is 0 Å².